The zero-order valence-corrected chi connectivity index (χ0v) is 22.0. The van der Waals surface area contributed by atoms with Gasteiger partial charge in [0.25, 0.3) is 0 Å². The molecule has 0 aromatic carbocycles. The molecule has 0 radical (unpaired) electrons. The molecule has 0 spiro atoms. The Balaban J connectivity index is 0.00000272. The summed E-state index contributed by atoms with van der Waals surface area (Å²) in [6.07, 6.45) is 8.92. The number of nitrogens with one attached hydrogen (secondary N) is 3. The van der Waals surface area contributed by atoms with Crippen LogP contribution in [0.1, 0.15) is 62.3 Å². The Morgan fingerprint density at radius 3 is 2.71 bits per heavy atom. The number of piperidine rings is 1. The standard InChI is InChI=1S/C23H37N5OS.HI/c1-24-23(27-19-8-3-6-16(14-19)22(29)26-18-10-11-18)25-15-17-7-4-12-28(2)21(17)20-9-5-13-30-20;/h5,9,13,16-19,21H,3-4,6-8,10-12,14-15H2,1-2H3,(H,26,29)(H2,24,25,27);1H. The molecule has 1 amide bonds. The number of rotatable bonds is 6. The van der Waals surface area contributed by atoms with Crippen molar-refractivity contribution in [3.8, 4) is 0 Å². The molecule has 3 aliphatic rings. The van der Waals surface area contributed by atoms with E-state index in [1.165, 1.54) is 24.3 Å². The Labute approximate surface area is 208 Å². The van der Waals surface area contributed by atoms with E-state index in [4.69, 9.17) is 0 Å². The number of guanidine groups is 1. The second-order valence-electron chi connectivity index (χ2n) is 9.28. The molecule has 174 valence electrons. The summed E-state index contributed by atoms with van der Waals surface area (Å²) in [6, 6.07) is 5.68. The third-order valence-electron chi connectivity index (χ3n) is 6.91. The van der Waals surface area contributed by atoms with Gasteiger partial charge in [0.1, 0.15) is 0 Å². The molecule has 4 atom stereocenters. The number of likely N-dealkylation sites (tertiary alicyclic amines) is 1. The Morgan fingerprint density at radius 2 is 2.00 bits per heavy atom. The van der Waals surface area contributed by atoms with E-state index in [1.807, 2.05) is 18.4 Å². The summed E-state index contributed by atoms with van der Waals surface area (Å²) in [7, 11) is 4.09. The van der Waals surface area contributed by atoms with Crippen LogP contribution in [0.15, 0.2) is 22.5 Å². The summed E-state index contributed by atoms with van der Waals surface area (Å²) in [6.45, 7) is 2.09. The highest BCUT2D eigenvalue weighted by atomic mass is 127. The minimum atomic E-state index is 0. The van der Waals surface area contributed by atoms with Gasteiger partial charge in [-0.25, -0.2) is 0 Å². The van der Waals surface area contributed by atoms with Gasteiger partial charge in [0.2, 0.25) is 5.91 Å². The van der Waals surface area contributed by atoms with Crippen molar-refractivity contribution in [2.75, 3.05) is 27.2 Å². The third kappa shape index (κ3) is 6.81. The molecule has 1 aliphatic heterocycles. The van der Waals surface area contributed by atoms with E-state index in [0.717, 1.165) is 51.0 Å². The van der Waals surface area contributed by atoms with Crippen molar-refractivity contribution in [1.29, 1.82) is 0 Å². The van der Waals surface area contributed by atoms with Gasteiger partial charge in [-0.1, -0.05) is 12.5 Å². The van der Waals surface area contributed by atoms with Crippen LogP contribution in [0.2, 0.25) is 0 Å². The average molecular weight is 560 g/mol. The van der Waals surface area contributed by atoms with E-state index in [-0.39, 0.29) is 35.8 Å². The highest BCUT2D eigenvalue weighted by molar-refractivity contribution is 14.0. The number of amides is 1. The molecule has 0 bridgehead atoms. The molecule has 4 unspecified atom stereocenters. The van der Waals surface area contributed by atoms with E-state index < -0.39 is 0 Å². The minimum Gasteiger partial charge on any atom is -0.356 e. The molecule has 3 fully saturated rings. The van der Waals surface area contributed by atoms with Crippen LogP contribution < -0.4 is 16.0 Å². The van der Waals surface area contributed by atoms with Gasteiger partial charge in [-0.2, -0.15) is 0 Å². The third-order valence-corrected chi connectivity index (χ3v) is 7.85. The minimum absolute atomic E-state index is 0. The van der Waals surface area contributed by atoms with Crippen LogP contribution >= 0.6 is 35.3 Å². The molecule has 3 N–H and O–H groups in total. The van der Waals surface area contributed by atoms with Gasteiger partial charge in [-0.3, -0.25) is 14.7 Å². The molecule has 8 heteroatoms. The summed E-state index contributed by atoms with van der Waals surface area (Å²) in [5.74, 6) is 1.85. The first-order valence-corrected chi connectivity index (χ1v) is 12.5. The molecule has 1 aromatic rings. The molecule has 31 heavy (non-hydrogen) atoms. The average Bonchev–Trinajstić information content (AvgIpc) is 3.41. The fraction of sp³-hybridized carbons (Fsp3) is 0.739. The first kappa shape index (κ1) is 24.8. The second kappa shape index (κ2) is 11.8. The zero-order chi connectivity index (χ0) is 20.9. The van der Waals surface area contributed by atoms with E-state index in [2.05, 4.69) is 50.4 Å². The fourth-order valence-electron chi connectivity index (χ4n) is 5.10. The van der Waals surface area contributed by atoms with Crippen LogP contribution in [-0.2, 0) is 4.79 Å². The summed E-state index contributed by atoms with van der Waals surface area (Å²) < 4.78 is 0. The highest BCUT2D eigenvalue weighted by Gasteiger charge is 2.33. The number of nitrogens with zero attached hydrogens (tertiary/aromatic N) is 2. The molecule has 4 rings (SSSR count). The zero-order valence-electron chi connectivity index (χ0n) is 18.8. The molecule has 6 nitrogen and oxygen atoms in total. The van der Waals surface area contributed by atoms with Gasteiger partial charge in [0, 0.05) is 42.5 Å². The lowest BCUT2D eigenvalue weighted by molar-refractivity contribution is -0.126. The maximum Gasteiger partial charge on any atom is 0.223 e. The smallest absolute Gasteiger partial charge is 0.223 e. The highest BCUT2D eigenvalue weighted by Crippen LogP contribution is 2.36. The summed E-state index contributed by atoms with van der Waals surface area (Å²) >= 11 is 1.86. The van der Waals surface area contributed by atoms with Gasteiger partial charge < -0.3 is 16.0 Å². The van der Waals surface area contributed by atoms with Gasteiger partial charge in [0.05, 0.1) is 0 Å². The van der Waals surface area contributed by atoms with Crippen LogP contribution in [0.4, 0.5) is 0 Å². The number of hydrogen-bond donors (Lipinski definition) is 3. The van der Waals surface area contributed by atoms with E-state index in [0.29, 0.717) is 24.0 Å². The first-order chi connectivity index (χ1) is 14.6. The largest absolute Gasteiger partial charge is 0.356 e. The quantitative estimate of drug-likeness (QED) is 0.282. The number of hydrogen-bond acceptors (Lipinski definition) is 4. The van der Waals surface area contributed by atoms with Gasteiger partial charge >= 0.3 is 0 Å². The van der Waals surface area contributed by atoms with Gasteiger partial charge in [-0.15, -0.1) is 35.3 Å². The Bertz CT molecular complexity index is 724. The van der Waals surface area contributed by atoms with Crippen molar-refractivity contribution in [2.24, 2.45) is 16.8 Å². The number of halogens is 1. The Kier molecular flexibility index (Phi) is 9.46. The topological polar surface area (TPSA) is 68.8 Å². The van der Waals surface area contributed by atoms with Crippen molar-refractivity contribution in [2.45, 2.75) is 69.5 Å². The Hall–Kier alpha value is -0.870. The maximum absolute atomic E-state index is 12.5. The van der Waals surface area contributed by atoms with E-state index >= 15 is 0 Å². The van der Waals surface area contributed by atoms with Crippen molar-refractivity contribution in [3.05, 3.63) is 22.4 Å². The van der Waals surface area contributed by atoms with Crippen molar-refractivity contribution in [3.63, 3.8) is 0 Å². The SMILES string of the molecule is CN=C(NCC1CCCN(C)C1c1cccs1)NC1CCCC(C(=O)NC2CC2)C1.I. The summed E-state index contributed by atoms with van der Waals surface area (Å²) in [4.78, 5) is 20.9. The van der Waals surface area contributed by atoms with Crippen LogP contribution in [-0.4, -0.2) is 56.0 Å². The molecule has 2 aliphatic carbocycles. The van der Waals surface area contributed by atoms with E-state index in [1.54, 1.807) is 0 Å². The second-order valence-corrected chi connectivity index (χ2v) is 10.3. The molecular weight excluding hydrogens is 521 g/mol. The predicted molar refractivity (Wildman–Crippen MR) is 139 cm³/mol. The van der Waals surface area contributed by atoms with E-state index in [9.17, 15) is 4.79 Å². The van der Waals surface area contributed by atoms with Crippen molar-refractivity contribution in [1.82, 2.24) is 20.9 Å². The van der Waals surface area contributed by atoms with Crippen LogP contribution in [0.25, 0.3) is 0 Å². The monoisotopic (exact) mass is 559 g/mol. The van der Waals surface area contributed by atoms with Crippen molar-refractivity contribution < 1.29 is 4.79 Å². The lowest BCUT2D eigenvalue weighted by Gasteiger charge is -2.39. The van der Waals surface area contributed by atoms with Gasteiger partial charge in [-0.05, 0) is 75.9 Å². The lowest BCUT2D eigenvalue weighted by atomic mass is 9.85. The summed E-state index contributed by atoms with van der Waals surface area (Å²) in [5, 5.41) is 12.6. The van der Waals surface area contributed by atoms with Crippen LogP contribution in [0, 0.1) is 11.8 Å². The molecule has 2 saturated carbocycles. The Morgan fingerprint density at radius 1 is 1.16 bits per heavy atom. The fourth-order valence-corrected chi connectivity index (χ4v) is 6.09. The molecule has 1 saturated heterocycles. The molecule has 1 aromatic heterocycles. The summed E-state index contributed by atoms with van der Waals surface area (Å²) in [5.41, 5.74) is 0. The maximum atomic E-state index is 12.5. The number of carbonyl (C=O) groups excluding carboxylic acids is 1. The van der Waals surface area contributed by atoms with Crippen LogP contribution in [0.5, 0.6) is 0 Å². The first-order valence-electron chi connectivity index (χ1n) is 11.6. The predicted octanol–water partition coefficient (Wildman–Crippen LogP) is 3.75. The number of thiophene rings is 1. The number of aliphatic imine (C=N–C) groups is 1. The lowest BCUT2D eigenvalue weighted by Crippen LogP contribution is -2.49. The molecule has 2 heterocycles. The van der Waals surface area contributed by atoms with Gasteiger partial charge in [0.15, 0.2) is 5.96 Å². The van der Waals surface area contributed by atoms with Crippen molar-refractivity contribution >= 4 is 47.2 Å². The molecular formula is C23H38IN5OS. The normalized spacial score (nSPS) is 29.7. The van der Waals surface area contributed by atoms with Crippen LogP contribution in [0.3, 0.4) is 0 Å². The number of carbonyl (C=O) groups is 1.